The van der Waals surface area contributed by atoms with E-state index in [-0.39, 0.29) is 11.8 Å². The lowest BCUT2D eigenvalue weighted by Crippen LogP contribution is -2.64. The van der Waals surface area contributed by atoms with Gasteiger partial charge in [0.2, 0.25) is 5.79 Å². The van der Waals surface area contributed by atoms with Crippen LogP contribution in [0.4, 0.5) is 0 Å². The van der Waals surface area contributed by atoms with Gasteiger partial charge in [-0.3, -0.25) is 9.59 Å². The summed E-state index contributed by atoms with van der Waals surface area (Å²) < 4.78 is 17.8. The number of nitrogens with zero attached hydrogens (tertiary/aromatic N) is 1. The maximum absolute atomic E-state index is 14.0. The second kappa shape index (κ2) is 13.1. The SMILES string of the molecule is C=CCC/C=C/C(O)[C@H](C)[C@@H]1CC[C@@H](C)[C@](O[Si](C)(C)C)(C(=O)C(=O)N2CCCC[C@H]2C(=O)OC)O1. The Hall–Kier alpha value is -1.81. The van der Waals surface area contributed by atoms with Gasteiger partial charge in [-0.25, -0.2) is 4.79 Å². The number of allylic oxidation sites excluding steroid dienone is 2. The highest BCUT2D eigenvalue weighted by molar-refractivity contribution is 6.70. The topological polar surface area (TPSA) is 102 Å². The minimum Gasteiger partial charge on any atom is -0.467 e. The maximum Gasteiger partial charge on any atom is 0.328 e. The Kier molecular flexibility index (Phi) is 11.1. The average Bonchev–Trinajstić information content (AvgIpc) is 2.85. The van der Waals surface area contributed by atoms with Crippen LogP contribution in [0, 0.1) is 11.8 Å². The van der Waals surface area contributed by atoms with Crippen LogP contribution in [0.25, 0.3) is 0 Å². The van der Waals surface area contributed by atoms with Crippen molar-refractivity contribution in [3.8, 4) is 0 Å². The molecule has 6 atom stereocenters. The molecule has 2 fully saturated rings. The van der Waals surface area contributed by atoms with Crippen molar-refractivity contribution in [2.24, 2.45) is 11.8 Å². The van der Waals surface area contributed by atoms with Gasteiger partial charge in [-0.05, 0) is 64.6 Å². The lowest BCUT2D eigenvalue weighted by Gasteiger charge is -2.49. The number of hydrogen-bond donors (Lipinski definition) is 1. The smallest absolute Gasteiger partial charge is 0.328 e. The number of ketones is 1. The van der Waals surface area contributed by atoms with Crippen LogP contribution < -0.4 is 0 Å². The predicted octanol–water partition coefficient (Wildman–Crippen LogP) is 3.99. The molecule has 0 aromatic carbocycles. The number of carbonyl (C=O) groups is 3. The molecule has 204 valence electrons. The first-order chi connectivity index (χ1) is 16.9. The van der Waals surface area contributed by atoms with Gasteiger partial charge >= 0.3 is 5.97 Å². The van der Waals surface area contributed by atoms with E-state index in [4.69, 9.17) is 13.9 Å². The fraction of sp³-hybridized carbons (Fsp3) is 0.741. The summed E-state index contributed by atoms with van der Waals surface area (Å²) in [5.74, 6) is -4.52. The summed E-state index contributed by atoms with van der Waals surface area (Å²) in [7, 11) is -1.09. The Morgan fingerprint density at radius 1 is 1.19 bits per heavy atom. The number of aliphatic hydroxyl groups is 1. The lowest BCUT2D eigenvalue weighted by atomic mass is 9.82. The summed E-state index contributed by atoms with van der Waals surface area (Å²) in [6.07, 6.45) is 9.01. The van der Waals surface area contributed by atoms with E-state index in [9.17, 15) is 19.5 Å². The van der Waals surface area contributed by atoms with Crippen molar-refractivity contribution < 1.29 is 33.4 Å². The number of aliphatic hydroxyl groups excluding tert-OH is 1. The van der Waals surface area contributed by atoms with E-state index in [0.717, 1.165) is 19.3 Å². The van der Waals surface area contributed by atoms with Crippen LogP contribution in [0.5, 0.6) is 0 Å². The Balaban J connectivity index is 2.36. The second-order valence-electron chi connectivity index (χ2n) is 11.0. The molecule has 0 radical (unpaired) electrons. The van der Waals surface area contributed by atoms with Gasteiger partial charge in [0, 0.05) is 18.4 Å². The van der Waals surface area contributed by atoms with Crippen molar-refractivity contribution in [1.29, 1.82) is 0 Å². The quantitative estimate of drug-likeness (QED) is 0.144. The number of piperidine rings is 1. The number of likely N-dealkylation sites (tertiary alicyclic amines) is 1. The number of esters is 1. The molecule has 0 spiro atoms. The molecule has 9 heteroatoms. The Morgan fingerprint density at radius 3 is 2.50 bits per heavy atom. The van der Waals surface area contributed by atoms with Crippen molar-refractivity contribution in [3.05, 3.63) is 24.8 Å². The summed E-state index contributed by atoms with van der Waals surface area (Å²) in [6.45, 7) is 13.6. The van der Waals surface area contributed by atoms with Crippen LogP contribution in [0.1, 0.15) is 58.8 Å². The van der Waals surface area contributed by atoms with Gasteiger partial charge in [0.15, 0.2) is 8.32 Å². The zero-order chi connectivity index (χ0) is 27.1. The fourth-order valence-electron chi connectivity index (χ4n) is 4.96. The number of ether oxygens (including phenoxy) is 2. The minimum atomic E-state index is -2.38. The van der Waals surface area contributed by atoms with Gasteiger partial charge in [0.05, 0.1) is 19.3 Å². The third kappa shape index (κ3) is 7.37. The number of carbonyl (C=O) groups excluding carboxylic acids is 3. The molecular weight excluding hydrogens is 478 g/mol. The van der Waals surface area contributed by atoms with Crippen molar-refractivity contribution in [3.63, 3.8) is 0 Å². The molecule has 0 aromatic heterocycles. The zero-order valence-corrected chi connectivity index (χ0v) is 23.8. The van der Waals surface area contributed by atoms with E-state index in [1.807, 2.05) is 45.6 Å². The predicted molar refractivity (Wildman–Crippen MR) is 141 cm³/mol. The van der Waals surface area contributed by atoms with Gasteiger partial charge in [-0.2, -0.15) is 0 Å². The molecule has 1 amide bonds. The van der Waals surface area contributed by atoms with Crippen molar-refractivity contribution in [1.82, 2.24) is 4.90 Å². The number of rotatable bonds is 11. The van der Waals surface area contributed by atoms with Crippen molar-refractivity contribution >= 4 is 26.0 Å². The molecule has 0 aliphatic carbocycles. The third-order valence-electron chi connectivity index (χ3n) is 7.06. The first-order valence-electron chi connectivity index (χ1n) is 13.1. The average molecular weight is 524 g/mol. The normalized spacial score (nSPS) is 29.0. The number of unbranched alkanes of at least 4 members (excludes halogenated alkanes) is 1. The number of hydrogen-bond acceptors (Lipinski definition) is 7. The van der Waals surface area contributed by atoms with Crippen LogP contribution in [-0.4, -0.2) is 73.7 Å². The van der Waals surface area contributed by atoms with Crippen molar-refractivity contribution in [2.75, 3.05) is 13.7 Å². The monoisotopic (exact) mass is 523 g/mol. The summed E-state index contributed by atoms with van der Waals surface area (Å²) in [5.41, 5.74) is 0. The molecule has 0 bridgehead atoms. The summed E-state index contributed by atoms with van der Waals surface area (Å²) in [4.78, 5) is 41.3. The van der Waals surface area contributed by atoms with E-state index >= 15 is 0 Å². The molecule has 2 aliphatic rings. The highest BCUT2D eigenvalue weighted by Crippen LogP contribution is 2.41. The molecule has 1 N–H and O–H groups in total. The fourth-order valence-corrected chi connectivity index (χ4v) is 6.21. The Labute approximate surface area is 217 Å². The lowest BCUT2D eigenvalue weighted by molar-refractivity contribution is -0.264. The molecule has 1 unspecified atom stereocenters. The first kappa shape index (κ1) is 30.4. The molecule has 2 heterocycles. The molecule has 0 aromatic rings. The van der Waals surface area contributed by atoms with Crippen LogP contribution in [0.3, 0.4) is 0 Å². The van der Waals surface area contributed by atoms with Crippen LogP contribution in [-0.2, 0) is 28.3 Å². The van der Waals surface area contributed by atoms with E-state index in [2.05, 4.69) is 6.58 Å². The van der Waals surface area contributed by atoms with E-state index in [1.54, 1.807) is 6.08 Å². The first-order valence-corrected chi connectivity index (χ1v) is 16.6. The summed E-state index contributed by atoms with van der Waals surface area (Å²) in [6, 6.07) is -0.791. The third-order valence-corrected chi connectivity index (χ3v) is 7.98. The highest BCUT2D eigenvalue weighted by atomic mass is 28.4. The van der Waals surface area contributed by atoms with Gasteiger partial charge in [-0.15, -0.1) is 6.58 Å². The number of Topliss-reactive ketones (excluding diaryl/α,β-unsaturated/α-hetero) is 1. The minimum absolute atomic E-state index is 0.301. The van der Waals surface area contributed by atoms with E-state index in [1.165, 1.54) is 12.0 Å². The van der Waals surface area contributed by atoms with Gasteiger partial charge in [-0.1, -0.05) is 32.1 Å². The Morgan fingerprint density at radius 2 is 1.89 bits per heavy atom. The molecule has 2 aliphatic heterocycles. The molecule has 36 heavy (non-hydrogen) atoms. The molecule has 2 rings (SSSR count). The number of amides is 1. The van der Waals surface area contributed by atoms with E-state index < -0.39 is 50.0 Å². The molecule has 0 saturated carbocycles. The summed E-state index contributed by atoms with van der Waals surface area (Å²) >= 11 is 0. The van der Waals surface area contributed by atoms with Crippen LogP contribution in [0.15, 0.2) is 24.8 Å². The Bertz CT molecular complexity index is 823. The van der Waals surface area contributed by atoms with Gasteiger partial charge < -0.3 is 23.9 Å². The zero-order valence-electron chi connectivity index (χ0n) is 22.8. The summed E-state index contributed by atoms with van der Waals surface area (Å²) in [5, 5.41) is 10.8. The standard InChI is InChI=1S/C27H45NO7Si/c1-8-9-10-11-15-22(29)20(3)23-17-16-19(2)27(34-23,35-36(5,6)7)24(30)25(31)28-18-13-12-14-21(28)26(32)33-4/h8,11,15,19-23,29H,1,9-10,12-14,16-18H2,2-7H3/b15-11+/t19-,20+,21+,22?,23+,27+/m1/s1. The van der Waals surface area contributed by atoms with Crippen LogP contribution in [0.2, 0.25) is 19.6 Å². The maximum atomic E-state index is 14.0. The van der Waals surface area contributed by atoms with Gasteiger partial charge in [0.1, 0.15) is 6.04 Å². The molecular formula is C27H45NO7Si. The highest BCUT2D eigenvalue weighted by Gasteiger charge is 2.57. The molecule has 2 saturated heterocycles. The van der Waals surface area contributed by atoms with Crippen molar-refractivity contribution in [2.45, 2.75) is 102 Å². The second-order valence-corrected chi connectivity index (χ2v) is 15.5. The molecule has 8 nitrogen and oxygen atoms in total. The van der Waals surface area contributed by atoms with Gasteiger partial charge in [0.25, 0.3) is 11.7 Å². The largest absolute Gasteiger partial charge is 0.467 e. The number of methoxy groups -OCH3 is 1. The van der Waals surface area contributed by atoms with Crippen LogP contribution >= 0.6 is 0 Å². The van der Waals surface area contributed by atoms with E-state index in [0.29, 0.717) is 32.2 Å².